The van der Waals surface area contributed by atoms with Gasteiger partial charge in [-0.1, -0.05) is 16.8 Å². The summed E-state index contributed by atoms with van der Waals surface area (Å²) in [4.78, 5) is 9.26. The van der Waals surface area contributed by atoms with Crippen LogP contribution in [0.2, 0.25) is 5.02 Å². The van der Waals surface area contributed by atoms with Crippen LogP contribution < -0.4 is 0 Å². The number of aliphatic hydroxyl groups is 1. The van der Waals surface area contributed by atoms with Crippen LogP contribution in [0.25, 0.3) is 33.2 Å². The van der Waals surface area contributed by atoms with E-state index < -0.39 is 24.3 Å². The molecule has 10 heteroatoms. The first-order chi connectivity index (χ1) is 19.9. The molecule has 5 aromatic rings. The highest BCUT2D eigenvalue weighted by atomic mass is 35.5. The number of aromatic nitrogens is 6. The maximum Gasteiger partial charge on any atom is 0.146 e. The Morgan fingerprint density at radius 1 is 1.21 bits per heavy atom. The number of hydrogen-bond acceptors (Lipinski definition) is 6. The molecule has 202 valence electrons. The summed E-state index contributed by atoms with van der Waals surface area (Å²) in [7, 11) is 1.61. The first-order valence-corrected chi connectivity index (χ1v) is 13.2. The molecule has 4 aromatic heterocycles. The van der Waals surface area contributed by atoms with E-state index in [4.69, 9.17) is 25.4 Å². The van der Waals surface area contributed by atoms with E-state index in [1.807, 2.05) is 10.6 Å². The van der Waals surface area contributed by atoms with Crippen LogP contribution in [-0.2, 0) is 17.4 Å². The molecule has 1 atom stereocenters. The van der Waals surface area contributed by atoms with Crippen molar-refractivity contribution in [2.45, 2.75) is 45.2 Å². The Morgan fingerprint density at radius 2 is 2.00 bits per heavy atom. The van der Waals surface area contributed by atoms with Crippen LogP contribution in [-0.4, -0.2) is 47.8 Å². The first kappa shape index (κ1) is 22.4. The molecule has 0 aliphatic carbocycles. The van der Waals surface area contributed by atoms with Crippen LogP contribution in [0.15, 0.2) is 42.7 Å². The second kappa shape index (κ2) is 9.66. The van der Waals surface area contributed by atoms with Gasteiger partial charge in [-0.25, -0.2) is 9.07 Å². The molecule has 1 aliphatic rings. The molecule has 0 amide bonds. The lowest BCUT2D eigenvalue weighted by atomic mass is 9.88. The molecule has 1 fully saturated rings. The molecule has 39 heavy (non-hydrogen) atoms. The van der Waals surface area contributed by atoms with E-state index in [-0.39, 0.29) is 28.0 Å². The van der Waals surface area contributed by atoms with Crippen LogP contribution >= 0.6 is 11.6 Å². The van der Waals surface area contributed by atoms with Crippen molar-refractivity contribution in [3.8, 4) is 11.3 Å². The highest BCUT2D eigenvalue weighted by Crippen LogP contribution is 2.43. The summed E-state index contributed by atoms with van der Waals surface area (Å²) < 4.78 is 48.7. The molecule has 0 radical (unpaired) electrons. The van der Waals surface area contributed by atoms with Crippen LogP contribution in [0.5, 0.6) is 0 Å². The Labute approximate surface area is 234 Å². The van der Waals surface area contributed by atoms with Gasteiger partial charge < -0.3 is 14.4 Å². The summed E-state index contributed by atoms with van der Waals surface area (Å²) >= 11 is 6.85. The molecule has 1 unspecified atom stereocenters. The van der Waals surface area contributed by atoms with Crippen molar-refractivity contribution < 1.29 is 18.3 Å². The molecule has 8 nitrogen and oxygen atoms in total. The molecule has 0 spiro atoms. The number of ether oxygens (including phenoxy) is 1. The minimum Gasteiger partial charge on any atom is -0.386 e. The summed E-state index contributed by atoms with van der Waals surface area (Å²) in [6.45, 7) is 1.88. The topological polar surface area (TPSA) is 90.9 Å². The second-order valence-corrected chi connectivity index (χ2v) is 11.0. The zero-order valence-electron chi connectivity index (χ0n) is 24.8. The zero-order valence-corrected chi connectivity index (χ0v) is 22.6. The van der Waals surface area contributed by atoms with Crippen LogP contribution in [0, 0.1) is 18.6 Å². The van der Waals surface area contributed by atoms with Gasteiger partial charge in [-0.2, -0.15) is 0 Å². The Morgan fingerprint density at radius 3 is 2.72 bits per heavy atom. The van der Waals surface area contributed by atoms with Gasteiger partial charge in [-0.05, 0) is 69.8 Å². The summed E-state index contributed by atoms with van der Waals surface area (Å²) in [5, 5.41) is 19.8. The smallest absolute Gasteiger partial charge is 0.146 e. The molecular formula is C29H30ClFN6O2. The Hall–Kier alpha value is -3.40. The van der Waals surface area contributed by atoms with Gasteiger partial charge in [0.05, 0.1) is 50.3 Å². The SMILES string of the molecule is [2H]C([2H])([2H])c1nnn(C)c1-c1cc2c(cc1Cl)c1ncc(C(C)(C)O)cc1n2C(c1ncccc1F)C1CCOCC1. The van der Waals surface area contributed by atoms with E-state index in [9.17, 15) is 5.11 Å². The number of aryl methyl sites for hydroxylation is 2. The van der Waals surface area contributed by atoms with Crippen molar-refractivity contribution >= 4 is 33.5 Å². The van der Waals surface area contributed by atoms with Gasteiger partial charge in [0.2, 0.25) is 0 Å². The molecule has 0 saturated carbocycles. The number of nitrogens with zero attached hydrogens (tertiary/aromatic N) is 6. The summed E-state index contributed by atoms with van der Waals surface area (Å²) in [5.41, 5.74) is 2.11. The normalized spacial score (nSPS) is 17.3. The highest BCUT2D eigenvalue weighted by Gasteiger charge is 2.34. The minimum atomic E-state index is -2.53. The van der Waals surface area contributed by atoms with E-state index in [0.29, 0.717) is 59.1 Å². The zero-order chi connectivity index (χ0) is 30.0. The maximum atomic E-state index is 15.6. The fraction of sp³-hybridized carbons (Fsp3) is 0.379. The van der Waals surface area contributed by atoms with Gasteiger partial charge in [0.15, 0.2) is 0 Å². The summed E-state index contributed by atoms with van der Waals surface area (Å²) in [6.07, 6.45) is 4.55. The van der Waals surface area contributed by atoms with Crippen molar-refractivity contribution in [3.63, 3.8) is 0 Å². The molecule has 0 bridgehead atoms. The van der Waals surface area contributed by atoms with Crippen molar-refractivity contribution in [3.05, 3.63) is 70.5 Å². The van der Waals surface area contributed by atoms with E-state index >= 15 is 4.39 Å². The van der Waals surface area contributed by atoms with Crippen molar-refractivity contribution in [1.82, 2.24) is 29.5 Å². The number of halogens is 2. The van der Waals surface area contributed by atoms with Crippen LogP contribution in [0.1, 0.15) is 53.8 Å². The number of hydrogen-bond donors (Lipinski definition) is 1. The van der Waals surface area contributed by atoms with Crippen molar-refractivity contribution in [2.75, 3.05) is 13.2 Å². The van der Waals surface area contributed by atoms with E-state index in [2.05, 4.69) is 15.3 Å². The fourth-order valence-electron chi connectivity index (χ4n) is 5.60. The van der Waals surface area contributed by atoms with Crippen molar-refractivity contribution in [2.24, 2.45) is 13.0 Å². The molecule has 1 saturated heterocycles. The standard InChI is InChI=1S/C29H30ClFN6O2/c1-16-27(36(4)35-34-16)19-14-23-20(13-21(19)30)25-24(12-18(15-33-25)29(2,3)38)37(23)28(17-7-10-39-11-8-17)26-22(31)6-5-9-32-26/h5-6,9,12-15,17,28,38H,7-8,10-11H2,1-4H3/i1D3. The summed E-state index contributed by atoms with van der Waals surface area (Å²) in [6, 6.07) is 7.80. The molecule has 1 N–H and O–H groups in total. The Balaban J connectivity index is 1.74. The van der Waals surface area contributed by atoms with Gasteiger partial charge in [0.1, 0.15) is 5.82 Å². The van der Waals surface area contributed by atoms with Gasteiger partial charge in [0.25, 0.3) is 0 Å². The third-order valence-electron chi connectivity index (χ3n) is 7.57. The second-order valence-electron chi connectivity index (χ2n) is 10.5. The number of benzene rings is 1. The number of fused-ring (bicyclic) bond motifs is 3. The van der Waals surface area contributed by atoms with Gasteiger partial charge in [0, 0.05) is 53.3 Å². The van der Waals surface area contributed by atoms with E-state index in [0.717, 1.165) is 0 Å². The summed E-state index contributed by atoms with van der Waals surface area (Å²) in [5.74, 6) is -0.478. The predicted octanol–water partition coefficient (Wildman–Crippen LogP) is 5.72. The first-order valence-electron chi connectivity index (χ1n) is 14.3. The van der Waals surface area contributed by atoms with E-state index in [1.165, 1.54) is 10.7 Å². The van der Waals surface area contributed by atoms with Crippen LogP contribution in [0.3, 0.4) is 0 Å². The number of pyridine rings is 2. The van der Waals surface area contributed by atoms with Crippen molar-refractivity contribution in [1.29, 1.82) is 0 Å². The monoisotopic (exact) mass is 551 g/mol. The lowest BCUT2D eigenvalue weighted by Crippen LogP contribution is -2.28. The third-order valence-corrected chi connectivity index (χ3v) is 7.89. The van der Waals surface area contributed by atoms with Gasteiger partial charge in [-0.15, -0.1) is 5.10 Å². The average molecular weight is 552 g/mol. The fourth-order valence-corrected chi connectivity index (χ4v) is 5.86. The average Bonchev–Trinajstić information content (AvgIpc) is 3.47. The molecular weight excluding hydrogens is 519 g/mol. The maximum absolute atomic E-state index is 15.6. The molecule has 1 aromatic carbocycles. The largest absolute Gasteiger partial charge is 0.386 e. The predicted molar refractivity (Wildman–Crippen MR) is 148 cm³/mol. The van der Waals surface area contributed by atoms with Gasteiger partial charge in [-0.3, -0.25) is 9.97 Å². The Kier molecular flexibility index (Phi) is 5.55. The van der Waals surface area contributed by atoms with Crippen LogP contribution in [0.4, 0.5) is 4.39 Å². The number of rotatable bonds is 5. The Bertz CT molecular complexity index is 1810. The lowest BCUT2D eigenvalue weighted by Gasteiger charge is -2.32. The molecule has 5 heterocycles. The quantitative estimate of drug-likeness (QED) is 0.300. The molecule has 6 rings (SSSR count). The third kappa shape index (κ3) is 4.38. The van der Waals surface area contributed by atoms with Gasteiger partial charge >= 0.3 is 0 Å². The molecule has 1 aliphatic heterocycles. The highest BCUT2D eigenvalue weighted by molar-refractivity contribution is 6.34. The lowest BCUT2D eigenvalue weighted by molar-refractivity contribution is 0.0542. The minimum absolute atomic E-state index is 0.0387. The van der Waals surface area contributed by atoms with E-state index in [1.54, 1.807) is 51.5 Å².